The van der Waals surface area contributed by atoms with E-state index in [1.165, 1.54) is 5.56 Å². The minimum atomic E-state index is -0.392. The average Bonchev–Trinajstić information content (AvgIpc) is 3.43. The fourth-order valence-corrected chi connectivity index (χ4v) is 4.12. The van der Waals surface area contributed by atoms with Crippen LogP contribution >= 0.6 is 0 Å². The van der Waals surface area contributed by atoms with Crippen molar-refractivity contribution in [3.05, 3.63) is 52.9 Å². The molecule has 2 aliphatic heterocycles. The van der Waals surface area contributed by atoms with Crippen molar-refractivity contribution in [2.24, 2.45) is 5.16 Å². The lowest BCUT2D eigenvalue weighted by Crippen LogP contribution is -2.37. The van der Waals surface area contributed by atoms with Crippen LogP contribution in [0.5, 0.6) is 0 Å². The van der Waals surface area contributed by atoms with Crippen LogP contribution in [0.25, 0.3) is 0 Å². The van der Waals surface area contributed by atoms with Gasteiger partial charge in [0.2, 0.25) is 0 Å². The Morgan fingerprint density at radius 2 is 2.10 bits per heavy atom. The Morgan fingerprint density at radius 1 is 1.31 bits per heavy atom. The summed E-state index contributed by atoms with van der Waals surface area (Å²) in [6, 6.07) is 10.2. The minimum Gasteiger partial charge on any atom is -0.387 e. The Morgan fingerprint density at radius 3 is 2.83 bits per heavy atom. The molecule has 1 amide bonds. The molecule has 0 aliphatic carbocycles. The molecule has 1 fully saturated rings. The number of aryl methyl sites for hydroxylation is 2. The van der Waals surface area contributed by atoms with Gasteiger partial charge in [0.1, 0.15) is 11.5 Å². The summed E-state index contributed by atoms with van der Waals surface area (Å²) in [5.74, 6) is 0.975. The standard InChI is InChI=1S/C22H28N4O3/c1-15(18-7-5-4-6-8-18)12-23-21(27)20-11-22(29-25-20)9-10-26(14-22)13-19-16(2)24-28-17(19)3/h4-8,15H,9-14H2,1-3H3,(H,23,27)/t15-,22+/m1/s1. The molecule has 2 atom stereocenters. The normalized spacial score (nSPS) is 22.5. The predicted molar refractivity (Wildman–Crippen MR) is 110 cm³/mol. The van der Waals surface area contributed by atoms with Crippen LogP contribution in [0, 0.1) is 13.8 Å². The zero-order valence-electron chi connectivity index (χ0n) is 17.3. The van der Waals surface area contributed by atoms with Crippen molar-refractivity contribution in [1.82, 2.24) is 15.4 Å². The average molecular weight is 396 g/mol. The second-order valence-corrected chi connectivity index (χ2v) is 8.27. The lowest BCUT2D eigenvalue weighted by molar-refractivity contribution is -0.115. The first kappa shape index (κ1) is 19.6. The van der Waals surface area contributed by atoms with Crippen LogP contribution in [0.1, 0.15) is 48.3 Å². The molecule has 7 heteroatoms. The van der Waals surface area contributed by atoms with Gasteiger partial charge in [0.15, 0.2) is 5.60 Å². The van der Waals surface area contributed by atoms with E-state index in [-0.39, 0.29) is 11.8 Å². The molecule has 1 spiro atoms. The summed E-state index contributed by atoms with van der Waals surface area (Å²) in [5.41, 5.74) is 3.37. The van der Waals surface area contributed by atoms with Crippen molar-refractivity contribution < 1.29 is 14.2 Å². The molecule has 0 saturated carbocycles. The third-order valence-corrected chi connectivity index (χ3v) is 6.00. The quantitative estimate of drug-likeness (QED) is 0.812. The van der Waals surface area contributed by atoms with Gasteiger partial charge in [-0.1, -0.05) is 47.6 Å². The van der Waals surface area contributed by atoms with E-state index in [9.17, 15) is 4.79 Å². The van der Waals surface area contributed by atoms with Crippen LogP contribution in [-0.4, -0.2) is 46.9 Å². The molecule has 3 heterocycles. The van der Waals surface area contributed by atoms with Crippen molar-refractivity contribution in [2.45, 2.75) is 51.7 Å². The summed E-state index contributed by atoms with van der Waals surface area (Å²) in [7, 11) is 0. The van der Waals surface area contributed by atoms with E-state index in [0.717, 1.165) is 43.1 Å². The molecule has 2 aromatic rings. The van der Waals surface area contributed by atoms with Gasteiger partial charge in [-0.2, -0.15) is 0 Å². The fourth-order valence-electron chi connectivity index (χ4n) is 4.12. The summed E-state index contributed by atoms with van der Waals surface area (Å²) in [6.45, 7) is 9.02. The zero-order valence-corrected chi connectivity index (χ0v) is 17.3. The molecule has 0 bridgehead atoms. The van der Waals surface area contributed by atoms with E-state index in [4.69, 9.17) is 9.36 Å². The Kier molecular flexibility index (Phi) is 5.41. The van der Waals surface area contributed by atoms with Crippen LogP contribution in [0.3, 0.4) is 0 Å². The van der Waals surface area contributed by atoms with Crippen LogP contribution in [-0.2, 0) is 16.2 Å². The molecule has 154 valence electrons. The van der Waals surface area contributed by atoms with Crippen LogP contribution < -0.4 is 5.32 Å². The van der Waals surface area contributed by atoms with E-state index in [1.54, 1.807) is 0 Å². The van der Waals surface area contributed by atoms with Gasteiger partial charge in [-0.3, -0.25) is 9.69 Å². The van der Waals surface area contributed by atoms with Crippen LogP contribution in [0.15, 0.2) is 40.0 Å². The van der Waals surface area contributed by atoms with Gasteiger partial charge in [0.25, 0.3) is 5.91 Å². The zero-order chi connectivity index (χ0) is 20.4. The number of hydrogen-bond acceptors (Lipinski definition) is 6. The van der Waals surface area contributed by atoms with Crippen molar-refractivity contribution in [1.29, 1.82) is 0 Å². The van der Waals surface area contributed by atoms with Gasteiger partial charge in [-0.25, -0.2) is 0 Å². The fraction of sp³-hybridized carbons (Fsp3) is 0.500. The Balaban J connectivity index is 1.29. The first-order chi connectivity index (χ1) is 14.0. The summed E-state index contributed by atoms with van der Waals surface area (Å²) < 4.78 is 5.27. The number of aromatic nitrogens is 1. The summed E-state index contributed by atoms with van der Waals surface area (Å²) in [6.07, 6.45) is 1.41. The largest absolute Gasteiger partial charge is 0.387 e. The molecule has 1 N–H and O–H groups in total. The molecular formula is C22H28N4O3. The van der Waals surface area contributed by atoms with Crippen molar-refractivity contribution in [3.63, 3.8) is 0 Å². The highest BCUT2D eigenvalue weighted by atomic mass is 16.7. The van der Waals surface area contributed by atoms with Gasteiger partial charge in [0, 0.05) is 44.6 Å². The number of likely N-dealkylation sites (tertiary alicyclic amines) is 1. The summed E-state index contributed by atoms with van der Waals surface area (Å²) in [5, 5.41) is 11.2. The first-order valence-electron chi connectivity index (χ1n) is 10.2. The number of nitrogens with one attached hydrogen (secondary N) is 1. The number of hydrogen-bond donors (Lipinski definition) is 1. The van der Waals surface area contributed by atoms with Gasteiger partial charge < -0.3 is 14.7 Å². The number of nitrogens with zero attached hydrogens (tertiary/aromatic N) is 3. The maximum atomic E-state index is 12.6. The molecule has 7 nitrogen and oxygen atoms in total. The van der Waals surface area contributed by atoms with Gasteiger partial charge in [-0.05, 0) is 25.3 Å². The van der Waals surface area contributed by atoms with E-state index in [0.29, 0.717) is 18.7 Å². The molecule has 1 aromatic heterocycles. The second-order valence-electron chi connectivity index (χ2n) is 8.27. The highest BCUT2D eigenvalue weighted by Gasteiger charge is 2.46. The number of amides is 1. The van der Waals surface area contributed by atoms with E-state index in [1.807, 2.05) is 32.0 Å². The molecule has 0 radical (unpaired) electrons. The predicted octanol–water partition coefficient (Wildman–Crippen LogP) is 2.93. The Labute approximate surface area is 171 Å². The monoisotopic (exact) mass is 396 g/mol. The van der Waals surface area contributed by atoms with Crippen LogP contribution in [0.4, 0.5) is 0 Å². The number of rotatable bonds is 6. The summed E-state index contributed by atoms with van der Waals surface area (Å²) in [4.78, 5) is 20.7. The number of benzene rings is 1. The molecule has 4 rings (SSSR count). The molecule has 29 heavy (non-hydrogen) atoms. The van der Waals surface area contributed by atoms with Gasteiger partial charge in [-0.15, -0.1) is 0 Å². The third kappa shape index (κ3) is 4.19. The summed E-state index contributed by atoms with van der Waals surface area (Å²) >= 11 is 0. The maximum absolute atomic E-state index is 12.6. The Bertz CT molecular complexity index is 889. The third-order valence-electron chi connectivity index (χ3n) is 6.00. The number of oxime groups is 1. The van der Waals surface area contributed by atoms with E-state index >= 15 is 0 Å². The van der Waals surface area contributed by atoms with E-state index < -0.39 is 5.60 Å². The second kappa shape index (κ2) is 7.99. The highest BCUT2D eigenvalue weighted by molar-refractivity contribution is 6.39. The lowest BCUT2D eigenvalue weighted by atomic mass is 9.96. The van der Waals surface area contributed by atoms with Crippen molar-refractivity contribution >= 4 is 11.6 Å². The smallest absolute Gasteiger partial charge is 0.269 e. The lowest BCUT2D eigenvalue weighted by Gasteiger charge is -2.21. The van der Waals surface area contributed by atoms with Crippen molar-refractivity contribution in [3.8, 4) is 0 Å². The highest BCUT2D eigenvalue weighted by Crippen LogP contribution is 2.35. The molecular weight excluding hydrogens is 368 g/mol. The molecule has 1 aromatic carbocycles. The maximum Gasteiger partial charge on any atom is 0.269 e. The molecule has 1 saturated heterocycles. The molecule has 0 unspecified atom stereocenters. The van der Waals surface area contributed by atoms with Gasteiger partial charge >= 0.3 is 0 Å². The van der Waals surface area contributed by atoms with Crippen molar-refractivity contribution in [2.75, 3.05) is 19.6 Å². The van der Waals surface area contributed by atoms with Crippen LogP contribution in [0.2, 0.25) is 0 Å². The number of carbonyl (C=O) groups excluding carboxylic acids is 1. The van der Waals surface area contributed by atoms with E-state index in [2.05, 4.69) is 39.6 Å². The van der Waals surface area contributed by atoms with Gasteiger partial charge in [0.05, 0.1) is 5.69 Å². The SMILES string of the molecule is Cc1noc(C)c1CN1CC[C@]2(CC(C(=O)NC[C@@H](C)c3ccccc3)=NO2)C1. The topological polar surface area (TPSA) is 80.0 Å². The molecule has 2 aliphatic rings. The first-order valence-corrected chi connectivity index (χ1v) is 10.2. The Hall–Kier alpha value is -2.67. The minimum absolute atomic E-state index is 0.131. The number of carbonyl (C=O) groups is 1.